The lowest BCUT2D eigenvalue weighted by Gasteiger charge is -1.89. The number of aromatic amines is 1. The number of H-pyrrole nitrogens is 1. The van der Waals surface area contributed by atoms with Crippen LogP contribution in [-0.4, -0.2) is 15.8 Å². The van der Waals surface area contributed by atoms with E-state index in [9.17, 15) is 4.79 Å². The van der Waals surface area contributed by atoms with Crippen molar-refractivity contribution >= 4 is 6.29 Å². The Hall–Kier alpha value is -1.77. The maximum Gasteiger partial charge on any atom is 0.166 e. The van der Waals surface area contributed by atoms with Gasteiger partial charge in [-0.25, -0.2) is 0 Å². The smallest absolute Gasteiger partial charge is 0.166 e. The second-order valence-corrected chi connectivity index (χ2v) is 3.48. The summed E-state index contributed by atoms with van der Waals surface area (Å²) in [4.78, 5) is 12.8. The highest BCUT2D eigenvalue weighted by Crippen LogP contribution is 1.95. The second-order valence-electron chi connectivity index (χ2n) is 3.48. The minimum absolute atomic E-state index is 0.641. The minimum Gasteiger partial charge on any atom is -0.357 e. The number of aromatic nitrogens is 2. The Balaban J connectivity index is 0.000000151. The van der Waals surface area contributed by atoms with Crippen molar-refractivity contribution in [2.45, 2.75) is 13.8 Å². The molecule has 3 nitrogen and oxygen atoms in total. The minimum atomic E-state index is 0.641. The Morgan fingerprint density at radius 2 is 2.00 bits per heavy atom. The standard InChI is InChI=1S/C6H7NO.C6H9N/c1-5-2-3-6(4-8)7-5;1-6-4-3-5-7(6)2/h2-4,7H,1H3;3-5H,1-2H3. The summed E-state index contributed by atoms with van der Waals surface area (Å²) in [5.74, 6) is 0. The van der Waals surface area contributed by atoms with E-state index in [4.69, 9.17) is 0 Å². The SMILES string of the molecule is Cc1ccc(C=O)[nH]1.Cc1cccn1C. The van der Waals surface area contributed by atoms with E-state index < -0.39 is 0 Å². The van der Waals surface area contributed by atoms with Gasteiger partial charge in [0, 0.05) is 24.6 Å². The van der Waals surface area contributed by atoms with Crippen LogP contribution in [0, 0.1) is 13.8 Å². The molecule has 0 spiro atoms. The lowest BCUT2D eigenvalue weighted by atomic mass is 10.5. The quantitative estimate of drug-likeness (QED) is 0.712. The molecule has 80 valence electrons. The van der Waals surface area contributed by atoms with Gasteiger partial charge in [-0.1, -0.05) is 0 Å². The predicted molar refractivity (Wildman–Crippen MR) is 61.1 cm³/mol. The maximum absolute atomic E-state index is 9.99. The fourth-order valence-corrected chi connectivity index (χ4v) is 1.14. The van der Waals surface area contributed by atoms with Gasteiger partial charge in [-0.05, 0) is 38.1 Å². The normalized spacial score (nSPS) is 9.27. The molecule has 0 fully saturated rings. The summed E-state index contributed by atoms with van der Waals surface area (Å²) in [5.41, 5.74) is 2.97. The van der Waals surface area contributed by atoms with Gasteiger partial charge in [0.2, 0.25) is 0 Å². The fraction of sp³-hybridized carbons (Fsp3) is 0.250. The lowest BCUT2D eigenvalue weighted by molar-refractivity contribution is 0.111. The van der Waals surface area contributed by atoms with Crippen molar-refractivity contribution in [3.63, 3.8) is 0 Å². The molecule has 0 amide bonds. The van der Waals surface area contributed by atoms with E-state index in [1.54, 1.807) is 6.07 Å². The van der Waals surface area contributed by atoms with Crippen molar-refractivity contribution in [1.29, 1.82) is 0 Å². The van der Waals surface area contributed by atoms with E-state index in [-0.39, 0.29) is 0 Å². The molecule has 2 aromatic rings. The number of carbonyl (C=O) groups is 1. The molecular formula is C12H16N2O. The van der Waals surface area contributed by atoms with Crippen LogP contribution in [0.2, 0.25) is 0 Å². The highest BCUT2D eigenvalue weighted by molar-refractivity contribution is 5.71. The van der Waals surface area contributed by atoms with Gasteiger partial charge < -0.3 is 9.55 Å². The largest absolute Gasteiger partial charge is 0.357 e. The zero-order valence-corrected chi connectivity index (χ0v) is 9.32. The third-order valence-corrected chi connectivity index (χ3v) is 2.18. The molecule has 0 saturated heterocycles. The van der Waals surface area contributed by atoms with Gasteiger partial charge in [0.15, 0.2) is 6.29 Å². The number of nitrogens with one attached hydrogen (secondary N) is 1. The van der Waals surface area contributed by atoms with Crippen LogP contribution < -0.4 is 0 Å². The molecule has 0 aliphatic heterocycles. The molecule has 1 N–H and O–H groups in total. The lowest BCUT2D eigenvalue weighted by Crippen LogP contribution is -1.84. The molecule has 2 heterocycles. The van der Waals surface area contributed by atoms with Gasteiger partial charge in [0.1, 0.15) is 0 Å². The number of rotatable bonds is 1. The topological polar surface area (TPSA) is 37.8 Å². The summed E-state index contributed by atoms with van der Waals surface area (Å²) >= 11 is 0. The Bertz CT molecular complexity index is 410. The highest BCUT2D eigenvalue weighted by atomic mass is 16.1. The molecule has 0 atom stereocenters. The average molecular weight is 204 g/mol. The second kappa shape index (κ2) is 5.20. The molecule has 0 aliphatic rings. The van der Waals surface area contributed by atoms with Crippen molar-refractivity contribution < 1.29 is 4.79 Å². The summed E-state index contributed by atoms with van der Waals surface area (Å²) in [7, 11) is 2.04. The zero-order valence-electron chi connectivity index (χ0n) is 9.32. The number of carbonyl (C=O) groups excluding carboxylic acids is 1. The van der Waals surface area contributed by atoms with Gasteiger partial charge in [-0.2, -0.15) is 0 Å². The summed E-state index contributed by atoms with van der Waals surface area (Å²) in [6, 6.07) is 7.74. The molecule has 0 aliphatic carbocycles. The molecule has 0 bridgehead atoms. The Morgan fingerprint density at radius 1 is 1.27 bits per heavy atom. The average Bonchev–Trinajstić information content (AvgIpc) is 2.78. The van der Waals surface area contributed by atoms with Gasteiger partial charge in [-0.15, -0.1) is 0 Å². The monoisotopic (exact) mass is 204 g/mol. The number of aryl methyl sites for hydroxylation is 3. The fourth-order valence-electron chi connectivity index (χ4n) is 1.14. The first kappa shape index (κ1) is 11.3. The molecule has 3 heteroatoms. The van der Waals surface area contributed by atoms with Crippen LogP contribution in [0.15, 0.2) is 30.5 Å². The molecular weight excluding hydrogens is 188 g/mol. The predicted octanol–water partition coefficient (Wildman–Crippen LogP) is 2.47. The van der Waals surface area contributed by atoms with Crippen LogP contribution in [0.4, 0.5) is 0 Å². The Morgan fingerprint density at radius 3 is 2.20 bits per heavy atom. The van der Waals surface area contributed by atoms with Gasteiger partial charge >= 0.3 is 0 Å². The first-order valence-corrected chi connectivity index (χ1v) is 4.82. The van der Waals surface area contributed by atoms with Crippen LogP contribution in [0.5, 0.6) is 0 Å². The molecule has 15 heavy (non-hydrogen) atoms. The summed E-state index contributed by atoms with van der Waals surface area (Å²) in [6.45, 7) is 3.99. The number of hydrogen-bond donors (Lipinski definition) is 1. The van der Waals surface area contributed by atoms with Crippen LogP contribution in [0.25, 0.3) is 0 Å². The molecule has 0 saturated carbocycles. The van der Waals surface area contributed by atoms with Crippen molar-refractivity contribution in [3.8, 4) is 0 Å². The summed E-state index contributed by atoms with van der Waals surface area (Å²) in [5, 5.41) is 0. The van der Waals surface area contributed by atoms with Crippen LogP contribution >= 0.6 is 0 Å². The van der Waals surface area contributed by atoms with E-state index in [0.29, 0.717) is 5.69 Å². The third-order valence-electron chi connectivity index (χ3n) is 2.18. The summed E-state index contributed by atoms with van der Waals surface area (Å²) in [6.07, 6.45) is 2.84. The third kappa shape index (κ3) is 3.46. The van der Waals surface area contributed by atoms with Crippen LogP contribution in [0.3, 0.4) is 0 Å². The van der Waals surface area contributed by atoms with Crippen molar-refractivity contribution in [2.24, 2.45) is 7.05 Å². The van der Waals surface area contributed by atoms with Crippen LogP contribution in [0.1, 0.15) is 21.9 Å². The molecule has 0 aromatic carbocycles. The molecule has 0 unspecified atom stereocenters. The van der Waals surface area contributed by atoms with Crippen molar-refractivity contribution in [2.75, 3.05) is 0 Å². The van der Waals surface area contributed by atoms with Gasteiger partial charge in [0.25, 0.3) is 0 Å². The maximum atomic E-state index is 9.99. The van der Waals surface area contributed by atoms with E-state index in [0.717, 1.165) is 12.0 Å². The van der Waals surface area contributed by atoms with Crippen molar-refractivity contribution in [3.05, 3.63) is 47.5 Å². The Kier molecular flexibility index (Phi) is 3.92. The molecule has 2 aromatic heterocycles. The van der Waals surface area contributed by atoms with Crippen molar-refractivity contribution in [1.82, 2.24) is 9.55 Å². The van der Waals surface area contributed by atoms with E-state index in [1.165, 1.54) is 5.69 Å². The van der Waals surface area contributed by atoms with Crippen LogP contribution in [-0.2, 0) is 7.05 Å². The van der Waals surface area contributed by atoms with Gasteiger partial charge in [0.05, 0.1) is 5.69 Å². The van der Waals surface area contributed by atoms with E-state index in [2.05, 4.69) is 22.5 Å². The summed E-state index contributed by atoms with van der Waals surface area (Å²) < 4.78 is 2.08. The number of hydrogen-bond acceptors (Lipinski definition) is 1. The number of aldehydes is 1. The molecule has 2 rings (SSSR count). The van der Waals surface area contributed by atoms with E-state index >= 15 is 0 Å². The molecule has 0 radical (unpaired) electrons. The van der Waals surface area contributed by atoms with Gasteiger partial charge in [-0.3, -0.25) is 4.79 Å². The van der Waals surface area contributed by atoms with E-state index in [1.807, 2.05) is 32.3 Å². The first-order valence-electron chi connectivity index (χ1n) is 4.82. The zero-order chi connectivity index (χ0) is 11.3. The Labute approximate surface area is 89.7 Å². The highest BCUT2D eigenvalue weighted by Gasteiger charge is 1.88. The number of nitrogens with zero attached hydrogens (tertiary/aromatic N) is 1. The first-order chi connectivity index (χ1) is 7.13.